The summed E-state index contributed by atoms with van der Waals surface area (Å²) >= 11 is 0. The van der Waals surface area contributed by atoms with Crippen molar-refractivity contribution in [3.63, 3.8) is 0 Å². The van der Waals surface area contributed by atoms with Gasteiger partial charge in [-0.1, -0.05) is 19.1 Å². The molecular formula is C11H26O3Si2. The molecule has 0 amide bonds. The first-order chi connectivity index (χ1) is 7.28. The fraction of sp³-hybridized carbons (Fsp3) is 1.00. The molecule has 2 unspecified atom stereocenters. The van der Waals surface area contributed by atoms with E-state index in [1.807, 2.05) is 0 Å². The van der Waals surface area contributed by atoms with Crippen molar-refractivity contribution in [2.45, 2.75) is 63.7 Å². The highest BCUT2D eigenvalue weighted by Gasteiger charge is 2.47. The lowest BCUT2D eigenvalue weighted by atomic mass is 10.1. The van der Waals surface area contributed by atoms with Crippen LogP contribution >= 0.6 is 0 Å². The molecule has 3 nitrogen and oxygen atoms in total. The molecule has 0 radical (unpaired) electrons. The third kappa shape index (κ3) is 3.40. The fourth-order valence-corrected chi connectivity index (χ4v) is 8.90. The summed E-state index contributed by atoms with van der Waals surface area (Å²) in [6.07, 6.45) is 2.09. The third-order valence-corrected chi connectivity index (χ3v) is 20.8. The van der Waals surface area contributed by atoms with Crippen LogP contribution in [0.2, 0.25) is 32.2 Å². The van der Waals surface area contributed by atoms with E-state index < -0.39 is 21.5 Å². The van der Waals surface area contributed by atoms with Gasteiger partial charge in [0.1, 0.15) is 0 Å². The SMILES string of the molecule is C[Si]1(C)CCC(CC(O)CCO)O[Si]1(C)C. The second-order valence-corrected chi connectivity index (χ2v) is 21.3. The minimum atomic E-state index is -1.51. The Balaban J connectivity index is 2.49. The first-order valence-electron chi connectivity index (χ1n) is 6.25. The fourth-order valence-electron chi connectivity index (χ4n) is 2.19. The van der Waals surface area contributed by atoms with Crippen LogP contribution in [0.3, 0.4) is 0 Å². The first-order valence-corrected chi connectivity index (χ1v) is 13.4. The summed E-state index contributed by atoms with van der Waals surface area (Å²) in [5, 5.41) is 18.5. The van der Waals surface area contributed by atoms with Crippen LogP contribution in [-0.4, -0.2) is 44.5 Å². The summed E-state index contributed by atoms with van der Waals surface area (Å²) in [7, 11) is -2.65. The van der Waals surface area contributed by atoms with Crippen molar-refractivity contribution in [2.75, 3.05) is 6.61 Å². The van der Waals surface area contributed by atoms with E-state index in [0.29, 0.717) is 12.8 Å². The molecule has 1 aliphatic rings. The Hall–Kier alpha value is 0.314. The average molecular weight is 262 g/mol. The van der Waals surface area contributed by atoms with Crippen molar-refractivity contribution < 1.29 is 14.6 Å². The summed E-state index contributed by atoms with van der Waals surface area (Å²) < 4.78 is 6.27. The summed E-state index contributed by atoms with van der Waals surface area (Å²) in [5.41, 5.74) is 0. The molecule has 0 spiro atoms. The molecule has 0 aromatic carbocycles. The minimum absolute atomic E-state index is 0.0644. The van der Waals surface area contributed by atoms with Crippen LogP contribution in [0.1, 0.15) is 19.3 Å². The lowest BCUT2D eigenvalue weighted by Crippen LogP contribution is -2.61. The number of aliphatic hydroxyl groups is 2. The lowest BCUT2D eigenvalue weighted by molar-refractivity contribution is 0.0693. The molecular weight excluding hydrogens is 236 g/mol. The van der Waals surface area contributed by atoms with Gasteiger partial charge in [0.15, 0.2) is 7.83 Å². The maximum Gasteiger partial charge on any atom is 0.174 e. The van der Waals surface area contributed by atoms with E-state index in [9.17, 15) is 5.11 Å². The van der Waals surface area contributed by atoms with Crippen molar-refractivity contribution in [1.29, 1.82) is 0 Å². The van der Waals surface area contributed by atoms with Gasteiger partial charge in [0, 0.05) is 12.7 Å². The van der Waals surface area contributed by atoms with Crippen LogP contribution in [0.15, 0.2) is 0 Å². The number of hydrogen-bond donors (Lipinski definition) is 2. The van der Waals surface area contributed by atoms with Crippen molar-refractivity contribution >= 4 is 15.4 Å². The van der Waals surface area contributed by atoms with E-state index in [1.54, 1.807) is 0 Å². The van der Waals surface area contributed by atoms with Gasteiger partial charge in [0.25, 0.3) is 0 Å². The molecule has 0 saturated carbocycles. The molecule has 1 aliphatic heterocycles. The molecule has 96 valence electrons. The van der Waals surface area contributed by atoms with Gasteiger partial charge in [-0.05, 0) is 32.4 Å². The van der Waals surface area contributed by atoms with E-state index >= 15 is 0 Å². The van der Waals surface area contributed by atoms with E-state index in [1.165, 1.54) is 6.04 Å². The molecule has 0 aliphatic carbocycles. The molecule has 1 saturated heterocycles. The van der Waals surface area contributed by atoms with E-state index in [0.717, 1.165) is 6.42 Å². The van der Waals surface area contributed by atoms with Gasteiger partial charge in [0.2, 0.25) is 0 Å². The largest absolute Gasteiger partial charge is 0.417 e. The minimum Gasteiger partial charge on any atom is -0.417 e. The summed E-state index contributed by atoms with van der Waals surface area (Å²) in [5.74, 6) is 0. The molecule has 1 rings (SSSR count). The number of rotatable bonds is 4. The predicted octanol–water partition coefficient (Wildman–Crippen LogP) is 1.90. The average Bonchev–Trinajstić information content (AvgIpc) is 2.12. The molecule has 5 heteroatoms. The van der Waals surface area contributed by atoms with Crippen LogP contribution in [-0.2, 0) is 4.43 Å². The number of hydrogen-bond acceptors (Lipinski definition) is 3. The highest BCUT2D eigenvalue weighted by Crippen LogP contribution is 2.34. The van der Waals surface area contributed by atoms with Gasteiger partial charge in [-0.15, -0.1) is 0 Å². The Labute approximate surface area is 101 Å². The molecule has 16 heavy (non-hydrogen) atoms. The normalized spacial score (nSPS) is 30.0. The molecule has 0 aromatic rings. The van der Waals surface area contributed by atoms with Crippen LogP contribution < -0.4 is 0 Å². The molecule has 1 heterocycles. The molecule has 0 bridgehead atoms. The maximum absolute atomic E-state index is 9.69. The third-order valence-electron chi connectivity index (χ3n) is 4.18. The second-order valence-electron chi connectivity index (χ2n) is 6.07. The van der Waals surface area contributed by atoms with E-state index in [2.05, 4.69) is 26.2 Å². The highest BCUT2D eigenvalue weighted by molar-refractivity contribution is 7.38. The zero-order valence-electron chi connectivity index (χ0n) is 11.0. The van der Waals surface area contributed by atoms with E-state index in [-0.39, 0.29) is 12.7 Å². The Morgan fingerprint density at radius 3 is 2.44 bits per heavy atom. The first kappa shape index (κ1) is 14.4. The summed E-state index contributed by atoms with van der Waals surface area (Å²) in [4.78, 5) is 0. The zero-order chi connectivity index (χ0) is 12.4. The maximum atomic E-state index is 9.69. The summed E-state index contributed by atoms with van der Waals surface area (Å²) in [6.45, 7) is 9.57. The van der Waals surface area contributed by atoms with Crippen LogP contribution in [0, 0.1) is 0 Å². The Bertz CT molecular complexity index is 231. The number of aliphatic hydroxyl groups excluding tert-OH is 2. The molecule has 2 atom stereocenters. The Kier molecular flexibility index (Phi) is 4.77. The van der Waals surface area contributed by atoms with Gasteiger partial charge in [-0.3, -0.25) is 0 Å². The van der Waals surface area contributed by atoms with Gasteiger partial charge < -0.3 is 14.6 Å². The van der Waals surface area contributed by atoms with Gasteiger partial charge in [-0.25, -0.2) is 0 Å². The standard InChI is InChI=1S/C11H26O3Si2/c1-15(2)8-6-11(14-16(15,3)4)9-10(13)5-7-12/h10-13H,5-9H2,1-4H3. The molecule has 2 N–H and O–H groups in total. The summed E-state index contributed by atoms with van der Waals surface area (Å²) in [6, 6.07) is 1.32. The van der Waals surface area contributed by atoms with Crippen LogP contribution in [0.5, 0.6) is 0 Å². The van der Waals surface area contributed by atoms with Crippen molar-refractivity contribution in [1.82, 2.24) is 0 Å². The quantitative estimate of drug-likeness (QED) is 0.761. The lowest BCUT2D eigenvalue weighted by Gasteiger charge is -2.46. The highest BCUT2D eigenvalue weighted by atomic mass is 29.3. The van der Waals surface area contributed by atoms with E-state index in [4.69, 9.17) is 9.53 Å². The van der Waals surface area contributed by atoms with Crippen molar-refractivity contribution in [3.05, 3.63) is 0 Å². The monoisotopic (exact) mass is 262 g/mol. The second kappa shape index (κ2) is 5.31. The Morgan fingerprint density at radius 2 is 1.94 bits per heavy atom. The zero-order valence-corrected chi connectivity index (χ0v) is 13.0. The van der Waals surface area contributed by atoms with Crippen LogP contribution in [0.25, 0.3) is 0 Å². The van der Waals surface area contributed by atoms with Crippen molar-refractivity contribution in [3.8, 4) is 0 Å². The molecule has 0 aromatic heterocycles. The Morgan fingerprint density at radius 1 is 1.31 bits per heavy atom. The van der Waals surface area contributed by atoms with Gasteiger partial charge in [0.05, 0.1) is 13.7 Å². The van der Waals surface area contributed by atoms with Crippen molar-refractivity contribution in [2.24, 2.45) is 0 Å². The molecule has 1 fully saturated rings. The van der Waals surface area contributed by atoms with Crippen LogP contribution in [0.4, 0.5) is 0 Å². The smallest absolute Gasteiger partial charge is 0.174 e. The topological polar surface area (TPSA) is 49.7 Å². The predicted molar refractivity (Wildman–Crippen MR) is 71.6 cm³/mol. The van der Waals surface area contributed by atoms with Gasteiger partial charge in [-0.2, -0.15) is 0 Å². The van der Waals surface area contributed by atoms with Gasteiger partial charge >= 0.3 is 0 Å².